The number of aliphatic hydroxyl groups excluding tert-OH is 2. The Hall–Kier alpha value is -1.88. The molecule has 0 aliphatic rings. The molecule has 0 fully saturated rings. The summed E-state index contributed by atoms with van der Waals surface area (Å²) in [6.07, 6.45) is 0. The fourth-order valence-corrected chi connectivity index (χ4v) is 2.37. The molecule has 0 amide bonds. The summed E-state index contributed by atoms with van der Waals surface area (Å²) in [5.74, 6) is 0.803. The zero-order valence-corrected chi connectivity index (χ0v) is 15.7. The molecule has 0 atom stereocenters. The van der Waals surface area contributed by atoms with E-state index in [-0.39, 0.29) is 48.3 Å². The van der Waals surface area contributed by atoms with Crippen molar-refractivity contribution in [2.45, 2.75) is 55.9 Å². The molecule has 0 aliphatic heterocycles. The van der Waals surface area contributed by atoms with Crippen molar-refractivity contribution in [2.75, 3.05) is 33.5 Å². The third-order valence-corrected chi connectivity index (χ3v) is 3.98. The Balaban J connectivity index is -0.000000312. The summed E-state index contributed by atoms with van der Waals surface area (Å²) in [5.41, 5.74) is 3.68. The largest absolute Gasteiger partial charge is 0.491 e. The molecule has 2 rings (SSSR count). The molecule has 0 unspecified atom stereocenters. The minimum atomic E-state index is -0.0771. The fraction of sp³-hybridized carbons (Fsp3) is 0.520. The van der Waals surface area contributed by atoms with Gasteiger partial charge in [-0.3, -0.25) is 0 Å². The Morgan fingerprint density at radius 3 is 1.79 bits per heavy atom. The summed E-state index contributed by atoms with van der Waals surface area (Å²) in [7, 11) is 1.55. The predicted molar refractivity (Wildman–Crippen MR) is 128 cm³/mol. The van der Waals surface area contributed by atoms with Gasteiger partial charge in [-0.15, -0.1) is 0 Å². The van der Waals surface area contributed by atoms with Crippen LogP contribution in [-0.2, 0) is 10.2 Å². The van der Waals surface area contributed by atoms with Crippen molar-refractivity contribution in [3.8, 4) is 5.75 Å². The van der Waals surface area contributed by atoms with Gasteiger partial charge in [0.25, 0.3) is 0 Å². The number of hydrogen-bond donors (Lipinski definition) is 2. The van der Waals surface area contributed by atoms with E-state index in [4.69, 9.17) is 14.9 Å². The van der Waals surface area contributed by atoms with E-state index in [2.05, 4.69) is 61.9 Å². The molecule has 4 nitrogen and oxygen atoms in total. The van der Waals surface area contributed by atoms with Gasteiger partial charge in [0.2, 0.25) is 0 Å². The molecule has 0 saturated carbocycles. The zero-order valence-electron chi connectivity index (χ0n) is 15.7. The molecule has 0 aliphatic carbocycles. The van der Waals surface area contributed by atoms with Crippen molar-refractivity contribution in [3.63, 3.8) is 0 Å². The van der Waals surface area contributed by atoms with Crippen LogP contribution in [0.25, 0.3) is 0 Å². The van der Waals surface area contributed by atoms with E-state index in [0.717, 1.165) is 5.75 Å². The molecule has 2 aromatic carbocycles. The number of hydrogen-bond acceptors (Lipinski definition) is 4. The highest BCUT2D eigenvalue weighted by Gasteiger charge is 2.23. The standard InChI is InChI=1S/C18H22O2.C3H8O2.4CH4/c1-14-7-9-15(10-8-14)18(2,3)16-5-4-6-17(13-16)20-12-11-19;1-5-3-2-4;;;;/h4-10,13,19H,11-12H2,1-3H3;4H,2-3H2,1H3;4*1H4. The second-order valence-corrected chi connectivity index (χ2v) is 6.31. The van der Waals surface area contributed by atoms with E-state index < -0.39 is 0 Å². The first-order valence-electron chi connectivity index (χ1n) is 8.46. The van der Waals surface area contributed by atoms with Crippen LogP contribution in [0.4, 0.5) is 0 Å². The molecule has 0 aromatic heterocycles. The van der Waals surface area contributed by atoms with Gasteiger partial charge >= 0.3 is 0 Å². The summed E-state index contributed by atoms with van der Waals surface area (Å²) in [5, 5.41) is 16.8. The van der Waals surface area contributed by atoms with Gasteiger partial charge in [0.1, 0.15) is 12.4 Å². The maximum Gasteiger partial charge on any atom is 0.119 e. The summed E-state index contributed by atoms with van der Waals surface area (Å²) < 4.78 is 9.94. The third kappa shape index (κ3) is 11.6. The molecule has 0 radical (unpaired) electrons. The molecule has 0 saturated heterocycles. The Labute approximate surface area is 180 Å². The summed E-state index contributed by atoms with van der Waals surface area (Å²) in [4.78, 5) is 0. The van der Waals surface area contributed by atoms with Crippen molar-refractivity contribution in [1.29, 1.82) is 0 Å². The minimum absolute atomic E-state index is 0. The van der Waals surface area contributed by atoms with Gasteiger partial charge in [0.15, 0.2) is 0 Å². The van der Waals surface area contributed by atoms with Crippen LogP contribution in [0, 0.1) is 6.92 Å². The van der Waals surface area contributed by atoms with Crippen molar-refractivity contribution >= 4 is 0 Å². The van der Waals surface area contributed by atoms with Crippen molar-refractivity contribution in [3.05, 3.63) is 65.2 Å². The van der Waals surface area contributed by atoms with E-state index in [1.165, 1.54) is 16.7 Å². The third-order valence-electron chi connectivity index (χ3n) is 3.98. The van der Waals surface area contributed by atoms with E-state index in [1.54, 1.807) is 7.11 Å². The van der Waals surface area contributed by atoms with Crippen LogP contribution in [-0.4, -0.2) is 43.8 Å². The number of methoxy groups -OCH3 is 1. The second kappa shape index (κ2) is 18.2. The lowest BCUT2D eigenvalue weighted by atomic mass is 9.78. The van der Waals surface area contributed by atoms with Gasteiger partial charge in [-0.25, -0.2) is 0 Å². The van der Waals surface area contributed by atoms with E-state index >= 15 is 0 Å². The Morgan fingerprint density at radius 2 is 1.34 bits per heavy atom. The van der Waals surface area contributed by atoms with Crippen LogP contribution in [0.1, 0.15) is 60.2 Å². The first-order valence-corrected chi connectivity index (χ1v) is 8.46. The minimum Gasteiger partial charge on any atom is -0.491 e. The molecule has 0 bridgehead atoms. The summed E-state index contributed by atoms with van der Waals surface area (Å²) in [6.45, 7) is 7.45. The number of aryl methyl sites for hydroxylation is 1. The van der Waals surface area contributed by atoms with E-state index in [1.807, 2.05) is 12.1 Å². The SMILES string of the molecule is C.C.C.C.COCCO.Cc1ccc(C(C)(C)c2cccc(OCCO)c2)cc1. The van der Waals surface area contributed by atoms with Crippen LogP contribution < -0.4 is 4.74 Å². The molecule has 29 heavy (non-hydrogen) atoms. The fourth-order valence-electron chi connectivity index (χ4n) is 2.37. The molecular weight excluding hydrogens is 364 g/mol. The van der Waals surface area contributed by atoms with Gasteiger partial charge in [-0.1, -0.05) is 85.5 Å². The molecule has 0 heterocycles. The number of aliphatic hydroxyl groups is 2. The lowest BCUT2D eigenvalue weighted by Gasteiger charge is -2.26. The van der Waals surface area contributed by atoms with E-state index in [0.29, 0.717) is 13.2 Å². The molecule has 4 heteroatoms. The van der Waals surface area contributed by atoms with Gasteiger partial charge < -0.3 is 19.7 Å². The van der Waals surface area contributed by atoms with E-state index in [9.17, 15) is 0 Å². The van der Waals surface area contributed by atoms with Crippen molar-refractivity contribution in [2.24, 2.45) is 0 Å². The van der Waals surface area contributed by atoms with Gasteiger partial charge in [0.05, 0.1) is 19.8 Å². The maximum atomic E-state index is 8.84. The second-order valence-electron chi connectivity index (χ2n) is 6.31. The number of ether oxygens (including phenoxy) is 2. The number of benzene rings is 2. The first-order chi connectivity index (χ1) is 12.0. The van der Waals surface area contributed by atoms with Crippen molar-refractivity contribution < 1.29 is 19.7 Å². The van der Waals surface area contributed by atoms with Crippen LogP contribution in [0.2, 0.25) is 0 Å². The smallest absolute Gasteiger partial charge is 0.119 e. The first kappa shape index (κ1) is 34.6. The van der Waals surface area contributed by atoms with Gasteiger partial charge in [-0.2, -0.15) is 0 Å². The topological polar surface area (TPSA) is 58.9 Å². The van der Waals surface area contributed by atoms with Crippen LogP contribution in [0.5, 0.6) is 5.75 Å². The lowest BCUT2D eigenvalue weighted by molar-refractivity contribution is 0.135. The van der Waals surface area contributed by atoms with Crippen LogP contribution in [0.15, 0.2) is 48.5 Å². The molecule has 0 spiro atoms. The van der Waals surface area contributed by atoms with Crippen LogP contribution >= 0.6 is 0 Å². The number of rotatable bonds is 7. The molecule has 2 aromatic rings. The summed E-state index contributed by atoms with van der Waals surface area (Å²) >= 11 is 0. The van der Waals surface area contributed by atoms with Crippen LogP contribution in [0.3, 0.4) is 0 Å². The maximum absolute atomic E-state index is 8.84. The molecule has 2 N–H and O–H groups in total. The highest BCUT2D eigenvalue weighted by molar-refractivity contribution is 5.41. The van der Waals surface area contributed by atoms with Gasteiger partial charge in [0, 0.05) is 12.5 Å². The normalized spacial score (nSPS) is 9.31. The average Bonchev–Trinajstić information content (AvgIpc) is 2.62. The quantitative estimate of drug-likeness (QED) is 0.600. The molecule has 170 valence electrons. The monoisotopic (exact) mass is 410 g/mol. The molecular formula is C25H46O4. The summed E-state index contributed by atoms with van der Waals surface area (Å²) in [6, 6.07) is 16.7. The van der Waals surface area contributed by atoms with Crippen molar-refractivity contribution in [1.82, 2.24) is 0 Å². The predicted octanol–water partition coefficient (Wildman–Crippen LogP) is 5.86. The lowest BCUT2D eigenvalue weighted by Crippen LogP contribution is -2.19. The highest BCUT2D eigenvalue weighted by Crippen LogP contribution is 2.33. The highest BCUT2D eigenvalue weighted by atomic mass is 16.5. The average molecular weight is 411 g/mol. The Bertz CT molecular complexity index is 604. The Morgan fingerprint density at radius 1 is 0.793 bits per heavy atom. The zero-order chi connectivity index (χ0) is 18.7. The Kier molecular flexibility index (Phi) is 21.7. The van der Waals surface area contributed by atoms with Gasteiger partial charge in [-0.05, 0) is 30.2 Å².